The van der Waals surface area contributed by atoms with Crippen LogP contribution >= 0.6 is 11.3 Å². The number of nitrogens with zero attached hydrogens (tertiary/aromatic N) is 1. The van der Waals surface area contributed by atoms with E-state index in [1.807, 2.05) is 7.11 Å². The number of ether oxygens (including phenoxy) is 1. The molecule has 0 unspecified atom stereocenters. The Morgan fingerprint density at radius 3 is 2.47 bits per heavy atom. The fraction of sp³-hybridized carbons (Fsp3) is 0.769. The van der Waals surface area contributed by atoms with E-state index >= 15 is 0 Å². The molecular formula is C13H22N2OS. The van der Waals surface area contributed by atoms with Gasteiger partial charge >= 0.3 is 0 Å². The maximum absolute atomic E-state index is 5.82. The van der Waals surface area contributed by atoms with Gasteiger partial charge in [0, 0.05) is 19.0 Å². The van der Waals surface area contributed by atoms with Crippen LogP contribution in [0.25, 0.3) is 0 Å². The second kappa shape index (κ2) is 4.67. The Labute approximate surface area is 107 Å². The molecule has 0 spiro atoms. The maximum Gasteiger partial charge on any atom is 0.125 e. The van der Waals surface area contributed by atoms with Crippen LogP contribution in [0.4, 0.5) is 0 Å². The number of hydrogen-bond acceptors (Lipinski definition) is 4. The van der Waals surface area contributed by atoms with Gasteiger partial charge in [-0.25, -0.2) is 4.98 Å². The third kappa shape index (κ3) is 2.54. The van der Waals surface area contributed by atoms with Crippen LogP contribution in [0.5, 0.6) is 0 Å². The first-order valence-corrected chi connectivity index (χ1v) is 7.09. The molecule has 0 aliphatic heterocycles. The zero-order valence-electron chi connectivity index (χ0n) is 11.0. The van der Waals surface area contributed by atoms with Crippen molar-refractivity contribution >= 4 is 11.3 Å². The monoisotopic (exact) mass is 254 g/mol. The summed E-state index contributed by atoms with van der Waals surface area (Å²) in [6.07, 6.45) is 4.51. The molecule has 1 aromatic heterocycles. The summed E-state index contributed by atoms with van der Waals surface area (Å²) in [5.74, 6) is 0. The molecule has 0 amide bonds. The molecule has 1 aromatic rings. The van der Waals surface area contributed by atoms with Crippen LogP contribution in [0.2, 0.25) is 0 Å². The Morgan fingerprint density at radius 1 is 1.35 bits per heavy atom. The fourth-order valence-electron chi connectivity index (χ4n) is 2.45. The van der Waals surface area contributed by atoms with Crippen LogP contribution in [0.15, 0.2) is 5.38 Å². The first-order chi connectivity index (χ1) is 8.01. The number of aromatic nitrogens is 1. The molecule has 0 atom stereocenters. The molecule has 0 aromatic carbocycles. The molecule has 2 rings (SSSR count). The largest absolute Gasteiger partial charge is 0.371 e. The predicted octanol–water partition coefficient (Wildman–Crippen LogP) is 3.04. The molecule has 1 aliphatic rings. The van der Waals surface area contributed by atoms with Gasteiger partial charge in [0.25, 0.3) is 0 Å². The van der Waals surface area contributed by atoms with Gasteiger partial charge in [-0.05, 0) is 31.1 Å². The average molecular weight is 254 g/mol. The molecular weight excluding hydrogens is 232 g/mol. The SMILES string of the molecule is COC1(c2nc(CN)cs2)CCC(C)(C)CC1. The van der Waals surface area contributed by atoms with Crippen molar-refractivity contribution < 1.29 is 4.74 Å². The lowest BCUT2D eigenvalue weighted by Gasteiger charge is -2.41. The Morgan fingerprint density at radius 2 is 2.00 bits per heavy atom. The third-order valence-electron chi connectivity index (χ3n) is 3.95. The molecule has 0 saturated heterocycles. The zero-order valence-corrected chi connectivity index (χ0v) is 11.8. The van der Waals surface area contributed by atoms with Crippen LogP contribution < -0.4 is 5.73 Å². The van der Waals surface area contributed by atoms with Crippen molar-refractivity contribution in [3.63, 3.8) is 0 Å². The second-order valence-corrected chi connectivity index (χ2v) is 6.57. The highest BCUT2D eigenvalue weighted by molar-refractivity contribution is 7.09. The minimum absolute atomic E-state index is 0.159. The number of methoxy groups -OCH3 is 1. The van der Waals surface area contributed by atoms with Gasteiger partial charge in [0.15, 0.2) is 0 Å². The molecule has 3 nitrogen and oxygen atoms in total. The quantitative estimate of drug-likeness (QED) is 0.902. The Bertz CT molecular complexity index is 377. The molecule has 1 aliphatic carbocycles. The average Bonchev–Trinajstić information content (AvgIpc) is 2.79. The van der Waals surface area contributed by atoms with Gasteiger partial charge in [0.1, 0.15) is 10.6 Å². The number of nitrogens with two attached hydrogens (primary N) is 1. The summed E-state index contributed by atoms with van der Waals surface area (Å²) in [4.78, 5) is 4.61. The summed E-state index contributed by atoms with van der Waals surface area (Å²) in [7, 11) is 1.81. The topological polar surface area (TPSA) is 48.1 Å². The summed E-state index contributed by atoms with van der Waals surface area (Å²) >= 11 is 1.69. The normalized spacial score (nSPS) is 22.6. The summed E-state index contributed by atoms with van der Waals surface area (Å²) in [6.45, 7) is 5.18. The van der Waals surface area contributed by atoms with E-state index in [2.05, 4.69) is 24.2 Å². The molecule has 4 heteroatoms. The van der Waals surface area contributed by atoms with Gasteiger partial charge in [-0.3, -0.25) is 0 Å². The van der Waals surface area contributed by atoms with Crippen LogP contribution in [0.3, 0.4) is 0 Å². The Hall–Kier alpha value is -0.450. The van der Waals surface area contributed by atoms with Crippen LogP contribution in [0, 0.1) is 5.41 Å². The van der Waals surface area contributed by atoms with E-state index in [9.17, 15) is 0 Å². The van der Waals surface area contributed by atoms with Gasteiger partial charge in [-0.1, -0.05) is 13.8 Å². The van der Waals surface area contributed by atoms with E-state index in [0.29, 0.717) is 12.0 Å². The lowest BCUT2D eigenvalue weighted by molar-refractivity contribution is -0.0668. The molecule has 0 radical (unpaired) electrons. The van der Waals surface area contributed by atoms with Crippen molar-refractivity contribution in [2.24, 2.45) is 11.1 Å². The smallest absolute Gasteiger partial charge is 0.125 e. The molecule has 2 N–H and O–H groups in total. The highest BCUT2D eigenvalue weighted by Gasteiger charge is 2.41. The molecule has 1 heterocycles. The van der Waals surface area contributed by atoms with E-state index in [1.165, 1.54) is 12.8 Å². The highest BCUT2D eigenvalue weighted by Crippen LogP contribution is 2.47. The van der Waals surface area contributed by atoms with Gasteiger partial charge < -0.3 is 10.5 Å². The van der Waals surface area contributed by atoms with E-state index in [0.717, 1.165) is 23.5 Å². The third-order valence-corrected chi connectivity index (χ3v) is 5.03. The van der Waals surface area contributed by atoms with E-state index < -0.39 is 0 Å². The molecule has 0 bridgehead atoms. The standard InChI is InChI=1S/C13H22N2OS/c1-12(2)4-6-13(16-3,7-5-12)11-15-10(8-14)9-17-11/h9H,4-8,14H2,1-3H3. The van der Waals surface area contributed by atoms with Crippen LogP contribution in [0.1, 0.15) is 50.2 Å². The summed E-state index contributed by atoms with van der Waals surface area (Å²) in [5, 5.41) is 3.16. The van der Waals surface area contributed by atoms with Crippen molar-refractivity contribution in [1.29, 1.82) is 0 Å². The van der Waals surface area contributed by atoms with Crippen molar-refractivity contribution in [1.82, 2.24) is 4.98 Å². The summed E-state index contributed by atoms with van der Waals surface area (Å²) < 4.78 is 5.82. The Kier molecular flexibility index (Phi) is 3.57. The number of hydrogen-bond donors (Lipinski definition) is 1. The second-order valence-electron chi connectivity index (χ2n) is 5.71. The van der Waals surface area contributed by atoms with Crippen molar-refractivity contribution in [2.45, 2.75) is 51.7 Å². The number of thiazole rings is 1. The molecule has 1 fully saturated rings. The van der Waals surface area contributed by atoms with Crippen LogP contribution in [-0.2, 0) is 16.9 Å². The molecule has 1 saturated carbocycles. The fourth-order valence-corrected chi connectivity index (χ4v) is 3.51. The summed E-state index contributed by atoms with van der Waals surface area (Å²) in [5.41, 5.74) is 6.88. The first-order valence-electron chi connectivity index (χ1n) is 6.21. The zero-order chi connectivity index (χ0) is 12.5. The van der Waals surface area contributed by atoms with Crippen molar-refractivity contribution in [3.05, 3.63) is 16.1 Å². The van der Waals surface area contributed by atoms with E-state index in [-0.39, 0.29) is 5.60 Å². The minimum atomic E-state index is -0.159. The van der Waals surface area contributed by atoms with E-state index in [1.54, 1.807) is 11.3 Å². The van der Waals surface area contributed by atoms with Gasteiger partial charge in [0.2, 0.25) is 0 Å². The first kappa shape index (κ1) is 13.0. The summed E-state index contributed by atoms with van der Waals surface area (Å²) in [6, 6.07) is 0. The van der Waals surface area contributed by atoms with E-state index in [4.69, 9.17) is 10.5 Å². The predicted molar refractivity (Wildman–Crippen MR) is 70.9 cm³/mol. The molecule has 96 valence electrons. The lowest BCUT2D eigenvalue weighted by atomic mass is 9.71. The van der Waals surface area contributed by atoms with Gasteiger partial charge in [-0.2, -0.15) is 0 Å². The van der Waals surface area contributed by atoms with Gasteiger partial charge in [-0.15, -0.1) is 11.3 Å². The maximum atomic E-state index is 5.82. The Balaban J connectivity index is 2.21. The van der Waals surface area contributed by atoms with Gasteiger partial charge in [0.05, 0.1) is 5.69 Å². The highest BCUT2D eigenvalue weighted by atomic mass is 32.1. The lowest BCUT2D eigenvalue weighted by Crippen LogP contribution is -2.36. The minimum Gasteiger partial charge on any atom is -0.371 e. The van der Waals surface area contributed by atoms with Crippen molar-refractivity contribution in [3.8, 4) is 0 Å². The number of rotatable bonds is 3. The van der Waals surface area contributed by atoms with Crippen molar-refractivity contribution in [2.75, 3.05) is 7.11 Å². The molecule has 17 heavy (non-hydrogen) atoms. The van der Waals surface area contributed by atoms with Crippen LogP contribution in [-0.4, -0.2) is 12.1 Å².